The fraction of sp³-hybridized carbons (Fsp3) is 0.545. The Kier molecular flexibility index (Phi) is 11.1. The van der Waals surface area contributed by atoms with Crippen LogP contribution in [0.25, 0.3) is 11.4 Å². The van der Waals surface area contributed by atoms with E-state index in [2.05, 4.69) is 9.97 Å². The molecule has 0 aliphatic heterocycles. The molecule has 0 saturated carbocycles. The van der Waals surface area contributed by atoms with Gasteiger partial charge in [-0.15, -0.1) is 0 Å². The molecule has 0 aromatic carbocycles. The molecule has 0 spiro atoms. The zero-order chi connectivity index (χ0) is 23.5. The summed E-state index contributed by atoms with van der Waals surface area (Å²) in [7, 11) is -5.97. The standard InChI is InChI=1S/C22H36N2O6Si2/c1-7-25-31(26-8-2,27-9-3)19-13-15-21(23-17-19)22-16-14-20(18-24-22)32(28-10-4,29-11-5)30-12-6/h13-18H,7-12H2,1-6H3. The second-order valence-corrected chi connectivity index (χ2v) is 11.7. The van der Waals surface area contributed by atoms with Crippen molar-refractivity contribution in [3.05, 3.63) is 36.7 Å². The molecule has 0 atom stereocenters. The highest BCUT2D eigenvalue weighted by Gasteiger charge is 2.44. The summed E-state index contributed by atoms with van der Waals surface area (Å²) in [5.74, 6) is 0. The van der Waals surface area contributed by atoms with E-state index in [4.69, 9.17) is 26.6 Å². The van der Waals surface area contributed by atoms with E-state index >= 15 is 0 Å². The summed E-state index contributed by atoms with van der Waals surface area (Å²) < 4.78 is 35.8. The van der Waals surface area contributed by atoms with E-state index in [-0.39, 0.29) is 0 Å². The average Bonchev–Trinajstić information content (AvgIpc) is 2.80. The molecule has 8 nitrogen and oxygen atoms in total. The van der Waals surface area contributed by atoms with Crippen molar-refractivity contribution in [1.82, 2.24) is 9.97 Å². The third-order valence-corrected chi connectivity index (χ3v) is 10.5. The van der Waals surface area contributed by atoms with Gasteiger partial charge in [0.1, 0.15) is 0 Å². The van der Waals surface area contributed by atoms with Crippen LogP contribution in [0.3, 0.4) is 0 Å². The molecule has 0 amide bonds. The highest BCUT2D eigenvalue weighted by atomic mass is 28.4. The summed E-state index contributed by atoms with van der Waals surface area (Å²) in [6.45, 7) is 14.6. The van der Waals surface area contributed by atoms with Gasteiger partial charge in [0.15, 0.2) is 0 Å². The van der Waals surface area contributed by atoms with Crippen LogP contribution in [0.1, 0.15) is 41.5 Å². The molecule has 2 heterocycles. The fourth-order valence-electron chi connectivity index (χ4n) is 3.34. The van der Waals surface area contributed by atoms with Crippen LogP contribution < -0.4 is 10.4 Å². The van der Waals surface area contributed by atoms with E-state index in [1.54, 1.807) is 12.4 Å². The maximum Gasteiger partial charge on any atom is 0.538 e. The van der Waals surface area contributed by atoms with Crippen molar-refractivity contribution in [2.75, 3.05) is 39.6 Å². The summed E-state index contributed by atoms with van der Waals surface area (Å²) in [5.41, 5.74) is 1.48. The predicted octanol–water partition coefficient (Wildman–Crippen LogP) is 2.65. The quantitative estimate of drug-likeness (QED) is 0.360. The first-order valence-electron chi connectivity index (χ1n) is 11.3. The van der Waals surface area contributed by atoms with Crippen LogP contribution in [0, 0.1) is 0 Å². The molecule has 0 aliphatic carbocycles. The first-order chi connectivity index (χ1) is 15.5. The summed E-state index contributed by atoms with van der Waals surface area (Å²) >= 11 is 0. The number of rotatable bonds is 15. The van der Waals surface area contributed by atoms with Crippen LogP contribution in [0.5, 0.6) is 0 Å². The van der Waals surface area contributed by atoms with Crippen LogP contribution in [-0.2, 0) is 26.6 Å². The maximum absolute atomic E-state index is 5.97. The molecule has 178 valence electrons. The van der Waals surface area contributed by atoms with E-state index in [9.17, 15) is 0 Å². The number of nitrogens with zero attached hydrogens (tertiary/aromatic N) is 2. The lowest BCUT2D eigenvalue weighted by Gasteiger charge is -2.28. The van der Waals surface area contributed by atoms with Gasteiger partial charge in [-0.25, -0.2) is 0 Å². The summed E-state index contributed by atoms with van der Waals surface area (Å²) in [6, 6.07) is 7.72. The summed E-state index contributed by atoms with van der Waals surface area (Å²) in [5, 5.41) is 1.66. The van der Waals surface area contributed by atoms with Gasteiger partial charge in [0.2, 0.25) is 0 Å². The molecule has 32 heavy (non-hydrogen) atoms. The molecule has 0 aliphatic rings. The predicted molar refractivity (Wildman–Crippen MR) is 128 cm³/mol. The van der Waals surface area contributed by atoms with Gasteiger partial charge >= 0.3 is 17.6 Å². The van der Waals surface area contributed by atoms with Gasteiger partial charge in [-0.2, -0.15) is 0 Å². The van der Waals surface area contributed by atoms with Crippen molar-refractivity contribution >= 4 is 28.0 Å². The van der Waals surface area contributed by atoms with Crippen molar-refractivity contribution in [3.63, 3.8) is 0 Å². The van der Waals surface area contributed by atoms with E-state index in [0.717, 1.165) is 21.8 Å². The molecule has 0 N–H and O–H groups in total. The van der Waals surface area contributed by atoms with Crippen LogP contribution in [0.2, 0.25) is 0 Å². The molecule has 10 heteroatoms. The van der Waals surface area contributed by atoms with Gasteiger partial charge in [-0.1, -0.05) is 12.1 Å². The Morgan fingerprint density at radius 2 is 0.781 bits per heavy atom. The largest absolute Gasteiger partial charge is 0.538 e. The molecule has 0 saturated heterocycles. The lowest BCUT2D eigenvalue weighted by atomic mass is 10.2. The highest BCUT2D eigenvalue weighted by Crippen LogP contribution is 2.17. The van der Waals surface area contributed by atoms with Crippen molar-refractivity contribution in [1.29, 1.82) is 0 Å². The molecule has 2 aromatic heterocycles. The van der Waals surface area contributed by atoms with Gasteiger partial charge in [0.05, 0.1) is 11.4 Å². The van der Waals surface area contributed by atoms with Crippen LogP contribution in [-0.4, -0.2) is 67.2 Å². The lowest BCUT2D eigenvalue weighted by molar-refractivity contribution is 0.0850. The second kappa shape index (κ2) is 13.3. The molecule has 0 radical (unpaired) electrons. The molecule has 2 aromatic rings. The van der Waals surface area contributed by atoms with Gasteiger partial charge in [-0.05, 0) is 53.7 Å². The second-order valence-electron chi connectivity index (χ2n) is 6.57. The summed E-state index contributed by atoms with van der Waals surface area (Å²) in [4.78, 5) is 9.22. The highest BCUT2D eigenvalue weighted by molar-refractivity contribution is 6.75. The van der Waals surface area contributed by atoms with Crippen LogP contribution in [0.4, 0.5) is 0 Å². The lowest BCUT2D eigenvalue weighted by Crippen LogP contribution is -2.57. The van der Waals surface area contributed by atoms with E-state index < -0.39 is 17.6 Å². The van der Waals surface area contributed by atoms with Crippen molar-refractivity contribution < 1.29 is 26.6 Å². The molecule has 2 rings (SSSR count). The molecular formula is C22H36N2O6Si2. The maximum atomic E-state index is 5.97. The summed E-state index contributed by atoms with van der Waals surface area (Å²) in [6.07, 6.45) is 3.52. The van der Waals surface area contributed by atoms with Crippen molar-refractivity contribution in [2.45, 2.75) is 41.5 Å². The molecular weight excluding hydrogens is 444 g/mol. The van der Waals surface area contributed by atoms with Gasteiger partial charge in [0.25, 0.3) is 0 Å². The number of pyridine rings is 2. The number of hydrogen-bond donors (Lipinski definition) is 0. The van der Waals surface area contributed by atoms with Crippen molar-refractivity contribution in [3.8, 4) is 11.4 Å². The van der Waals surface area contributed by atoms with E-state index in [1.165, 1.54) is 0 Å². The minimum Gasteiger partial charge on any atom is -0.370 e. The Balaban J connectivity index is 2.33. The van der Waals surface area contributed by atoms with Crippen LogP contribution in [0.15, 0.2) is 36.7 Å². The topological polar surface area (TPSA) is 81.2 Å². The van der Waals surface area contributed by atoms with Crippen molar-refractivity contribution in [2.24, 2.45) is 0 Å². The molecule has 0 fully saturated rings. The Hall–Kier alpha value is -1.51. The Morgan fingerprint density at radius 1 is 0.500 bits per heavy atom. The number of hydrogen-bond acceptors (Lipinski definition) is 8. The SMILES string of the molecule is CCO[Si](OCC)(OCC)c1ccc(-c2ccc([Si](OCC)(OCC)OCC)cn2)nc1. The van der Waals surface area contributed by atoms with E-state index in [1.807, 2.05) is 65.8 Å². The third kappa shape index (κ3) is 6.30. The zero-order valence-electron chi connectivity index (χ0n) is 20.1. The van der Waals surface area contributed by atoms with Gasteiger partial charge < -0.3 is 26.6 Å². The molecule has 0 bridgehead atoms. The van der Waals surface area contributed by atoms with Crippen LogP contribution >= 0.6 is 0 Å². The normalized spacial score (nSPS) is 12.3. The Bertz CT molecular complexity index is 690. The minimum atomic E-state index is -2.98. The first kappa shape index (κ1) is 26.7. The van der Waals surface area contributed by atoms with E-state index in [0.29, 0.717) is 39.6 Å². The zero-order valence-corrected chi connectivity index (χ0v) is 22.1. The minimum absolute atomic E-state index is 0.502. The Labute approximate surface area is 193 Å². The monoisotopic (exact) mass is 480 g/mol. The Morgan fingerprint density at radius 3 is 0.969 bits per heavy atom. The average molecular weight is 481 g/mol. The van der Waals surface area contributed by atoms with Gasteiger partial charge in [0, 0.05) is 62.4 Å². The third-order valence-electron chi connectivity index (χ3n) is 4.50. The van der Waals surface area contributed by atoms with Gasteiger partial charge in [-0.3, -0.25) is 9.97 Å². The fourth-order valence-corrected chi connectivity index (χ4v) is 8.14. The molecule has 0 unspecified atom stereocenters. The smallest absolute Gasteiger partial charge is 0.370 e. The number of aromatic nitrogens is 2. The first-order valence-corrected chi connectivity index (χ1v) is 14.8.